The Morgan fingerprint density at radius 3 is 2.79 bits per heavy atom. The van der Waals surface area contributed by atoms with Crippen LogP contribution >= 0.6 is 11.8 Å². The molecule has 2 atom stereocenters. The summed E-state index contributed by atoms with van der Waals surface area (Å²) >= 11 is 1.32. The quantitative estimate of drug-likeness (QED) is 0.426. The third kappa shape index (κ3) is 4.59. The largest absolute Gasteiger partial charge is 0.457 e. The van der Waals surface area contributed by atoms with Gasteiger partial charge in [-0.25, -0.2) is 4.79 Å². The summed E-state index contributed by atoms with van der Waals surface area (Å²) in [6.07, 6.45) is -0.115. The van der Waals surface area contributed by atoms with E-state index < -0.39 is 17.3 Å². The summed E-state index contributed by atoms with van der Waals surface area (Å²) in [4.78, 5) is 37.4. The Kier molecular flexibility index (Phi) is 6.38. The fourth-order valence-corrected chi connectivity index (χ4v) is 3.36. The number of benzene rings is 1. The summed E-state index contributed by atoms with van der Waals surface area (Å²) in [7, 11) is 0. The molecular weight excluding hydrogens is 328 g/mol. The first-order valence-electron chi connectivity index (χ1n) is 7.61. The van der Waals surface area contributed by atoms with E-state index in [2.05, 4.69) is 0 Å². The molecule has 126 valence electrons. The molecule has 1 aromatic rings. The van der Waals surface area contributed by atoms with E-state index in [0.29, 0.717) is 17.7 Å². The lowest BCUT2D eigenvalue weighted by molar-refractivity contribution is -0.139. The standard InChI is InChI=1S/C17H18N2O4S/c1-12(23-17(22)13-6-3-2-4-7-13)11-19-15(20)10-14(16(19)21)24-9-5-8-18/h2-4,6-7,12,14H,5,9-11H2,1H3. The number of nitrogens with zero attached hydrogens (tertiary/aromatic N) is 2. The number of esters is 1. The Morgan fingerprint density at radius 2 is 2.12 bits per heavy atom. The smallest absolute Gasteiger partial charge is 0.338 e. The van der Waals surface area contributed by atoms with E-state index in [0.717, 1.165) is 4.90 Å². The van der Waals surface area contributed by atoms with Gasteiger partial charge in [-0.15, -0.1) is 11.8 Å². The molecule has 0 aromatic heterocycles. The van der Waals surface area contributed by atoms with Crippen molar-refractivity contribution in [3.8, 4) is 6.07 Å². The first-order valence-corrected chi connectivity index (χ1v) is 8.66. The monoisotopic (exact) mass is 346 g/mol. The van der Waals surface area contributed by atoms with Gasteiger partial charge in [0.15, 0.2) is 0 Å². The zero-order valence-electron chi connectivity index (χ0n) is 13.3. The molecule has 0 radical (unpaired) electrons. The highest BCUT2D eigenvalue weighted by atomic mass is 32.2. The fourth-order valence-electron chi connectivity index (χ4n) is 2.34. The number of hydrogen-bond donors (Lipinski definition) is 0. The lowest BCUT2D eigenvalue weighted by Crippen LogP contribution is -2.38. The lowest BCUT2D eigenvalue weighted by Gasteiger charge is -2.20. The molecule has 1 heterocycles. The van der Waals surface area contributed by atoms with Crippen molar-refractivity contribution in [1.82, 2.24) is 4.90 Å². The van der Waals surface area contributed by atoms with E-state index in [-0.39, 0.29) is 24.8 Å². The predicted octanol–water partition coefficient (Wildman–Crippen LogP) is 2.01. The minimum Gasteiger partial charge on any atom is -0.457 e. The van der Waals surface area contributed by atoms with Crippen LogP contribution in [0.1, 0.15) is 30.1 Å². The molecule has 1 aromatic carbocycles. The molecule has 0 bridgehead atoms. The molecule has 7 heteroatoms. The molecule has 0 aliphatic carbocycles. The molecule has 1 saturated heterocycles. The SMILES string of the molecule is CC(CN1C(=O)CC(SCCC#N)C1=O)OC(=O)c1ccccc1. The van der Waals surface area contributed by atoms with Gasteiger partial charge in [0.2, 0.25) is 11.8 Å². The number of thioether (sulfide) groups is 1. The number of carbonyl (C=O) groups excluding carboxylic acids is 3. The fraction of sp³-hybridized carbons (Fsp3) is 0.412. The number of rotatable bonds is 7. The highest BCUT2D eigenvalue weighted by Crippen LogP contribution is 2.26. The first-order chi connectivity index (χ1) is 11.5. The maximum absolute atomic E-state index is 12.3. The van der Waals surface area contributed by atoms with Crippen LogP contribution < -0.4 is 0 Å². The number of amides is 2. The Hall–Kier alpha value is -2.33. The number of likely N-dealkylation sites (tertiary alicyclic amines) is 1. The summed E-state index contributed by atoms with van der Waals surface area (Å²) in [6.45, 7) is 1.70. The zero-order valence-corrected chi connectivity index (χ0v) is 14.1. The Balaban J connectivity index is 1.88. The van der Waals surface area contributed by atoms with Gasteiger partial charge in [0.25, 0.3) is 0 Å². The van der Waals surface area contributed by atoms with Crippen molar-refractivity contribution in [2.45, 2.75) is 31.1 Å². The van der Waals surface area contributed by atoms with Crippen molar-refractivity contribution in [2.24, 2.45) is 0 Å². The number of imide groups is 1. The topological polar surface area (TPSA) is 87.5 Å². The van der Waals surface area contributed by atoms with Crippen LogP contribution in [-0.2, 0) is 14.3 Å². The van der Waals surface area contributed by atoms with Gasteiger partial charge in [-0.3, -0.25) is 14.5 Å². The average Bonchev–Trinajstić information content (AvgIpc) is 2.83. The van der Waals surface area contributed by atoms with Gasteiger partial charge in [-0.05, 0) is 19.1 Å². The highest BCUT2D eigenvalue weighted by Gasteiger charge is 2.39. The van der Waals surface area contributed by atoms with Crippen LogP contribution in [0.15, 0.2) is 30.3 Å². The molecule has 2 unspecified atom stereocenters. The maximum atomic E-state index is 12.3. The Morgan fingerprint density at radius 1 is 1.42 bits per heavy atom. The minimum atomic E-state index is -0.589. The van der Waals surface area contributed by atoms with E-state index in [1.54, 1.807) is 37.3 Å². The third-order valence-electron chi connectivity index (χ3n) is 3.49. The van der Waals surface area contributed by atoms with Gasteiger partial charge in [0.05, 0.1) is 23.4 Å². The van der Waals surface area contributed by atoms with Gasteiger partial charge in [0, 0.05) is 18.6 Å². The molecular formula is C17H18N2O4S. The Labute approximate surface area is 144 Å². The second-order valence-corrected chi connectivity index (χ2v) is 6.71. The Bertz CT molecular complexity index is 656. The van der Waals surface area contributed by atoms with E-state index in [1.165, 1.54) is 11.8 Å². The molecule has 6 nitrogen and oxygen atoms in total. The van der Waals surface area contributed by atoms with E-state index in [9.17, 15) is 14.4 Å². The van der Waals surface area contributed by atoms with Crippen molar-refractivity contribution in [3.63, 3.8) is 0 Å². The van der Waals surface area contributed by atoms with Crippen LogP contribution in [-0.4, -0.2) is 46.3 Å². The van der Waals surface area contributed by atoms with Crippen molar-refractivity contribution in [2.75, 3.05) is 12.3 Å². The molecule has 0 spiro atoms. The maximum Gasteiger partial charge on any atom is 0.338 e. The van der Waals surface area contributed by atoms with Crippen LogP contribution in [0, 0.1) is 11.3 Å². The normalized spacial score (nSPS) is 18.3. The van der Waals surface area contributed by atoms with Crippen LogP contribution in [0.2, 0.25) is 0 Å². The number of ether oxygens (including phenoxy) is 1. The van der Waals surface area contributed by atoms with Crippen molar-refractivity contribution >= 4 is 29.5 Å². The highest BCUT2D eigenvalue weighted by molar-refractivity contribution is 8.00. The molecule has 0 saturated carbocycles. The molecule has 1 aliphatic rings. The molecule has 2 amide bonds. The lowest BCUT2D eigenvalue weighted by atomic mass is 10.2. The zero-order chi connectivity index (χ0) is 17.5. The minimum absolute atomic E-state index is 0.0472. The van der Waals surface area contributed by atoms with Gasteiger partial charge >= 0.3 is 5.97 Å². The number of nitriles is 1. The van der Waals surface area contributed by atoms with E-state index >= 15 is 0 Å². The van der Waals surface area contributed by atoms with Gasteiger partial charge < -0.3 is 4.74 Å². The summed E-state index contributed by atoms with van der Waals surface area (Å²) < 4.78 is 5.29. The summed E-state index contributed by atoms with van der Waals surface area (Å²) in [5, 5.41) is 8.09. The molecule has 1 aliphatic heterocycles. The first kappa shape index (κ1) is 18.0. The second kappa shape index (κ2) is 8.50. The molecule has 24 heavy (non-hydrogen) atoms. The molecule has 2 rings (SSSR count). The van der Waals surface area contributed by atoms with Crippen molar-refractivity contribution in [1.29, 1.82) is 5.26 Å². The van der Waals surface area contributed by atoms with E-state index in [4.69, 9.17) is 10.00 Å². The summed E-state index contributed by atoms with van der Waals surface area (Å²) in [5.74, 6) is -0.503. The molecule has 1 fully saturated rings. The average molecular weight is 346 g/mol. The second-order valence-electron chi connectivity index (χ2n) is 5.40. The van der Waals surface area contributed by atoms with Crippen molar-refractivity contribution in [3.05, 3.63) is 35.9 Å². The summed E-state index contributed by atoms with van der Waals surface area (Å²) in [6, 6.07) is 10.6. The van der Waals surface area contributed by atoms with Gasteiger partial charge in [-0.1, -0.05) is 18.2 Å². The number of hydrogen-bond acceptors (Lipinski definition) is 6. The van der Waals surface area contributed by atoms with Gasteiger partial charge in [0.1, 0.15) is 6.10 Å². The van der Waals surface area contributed by atoms with E-state index in [1.807, 2.05) is 6.07 Å². The van der Waals surface area contributed by atoms with Crippen LogP contribution in [0.3, 0.4) is 0 Å². The number of carbonyl (C=O) groups is 3. The third-order valence-corrected chi connectivity index (χ3v) is 4.70. The molecule has 0 N–H and O–H groups in total. The predicted molar refractivity (Wildman–Crippen MR) is 89.1 cm³/mol. The van der Waals surface area contributed by atoms with Crippen molar-refractivity contribution < 1.29 is 19.1 Å². The van der Waals surface area contributed by atoms with Crippen LogP contribution in [0.4, 0.5) is 0 Å². The van der Waals surface area contributed by atoms with Crippen LogP contribution in [0.25, 0.3) is 0 Å². The summed E-state index contributed by atoms with van der Waals surface area (Å²) in [5.41, 5.74) is 0.424. The van der Waals surface area contributed by atoms with Gasteiger partial charge in [-0.2, -0.15) is 5.26 Å². The van der Waals surface area contributed by atoms with Crippen LogP contribution in [0.5, 0.6) is 0 Å².